The van der Waals surface area contributed by atoms with E-state index in [1.54, 1.807) is 0 Å². The number of rotatable bonds is 6. The summed E-state index contributed by atoms with van der Waals surface area (Å²) in [6, 6.07) is 19.2. The Labute approximate surface area is 157 Å². The number of allylic oxidation sites excluding steroid dienone is 6. The van der Waals surface area contributed by atoms with Crippen molar-refractivity contribution < 1.29 is 4.74 Å². The molecule has 0 saturated heterocycles. The standard InChI is InChI=1S/C25H28O/c1-4-8-23-17-22(20-9-6-5-7-10-20)13-16-25(23)21-11-14-24(15-12-21)26-18-19(2)3/h5-16,19H,4,17-18H2,1-3H3/b23-8-. The maximum absolute atomic E-state index is 5.81. The molecule has 0 unspecified atom stereocenters. The Hall–Kier alpha value is -2.54. The van der Waals surface area contributed by atoms with Crippen LogP contribution >= 0.6 is 0 Å². The van der Waals surface area contributed by atoms with E-state index in [9.17, 15) is 0 Å². The zero-order valence-electron chi connectivity index (χ0n) is 16.0. The maximum Gasteiger partial charge on any atom is 0.119 e. The second-order valence-electron chi connectivity index (χ2n) is 7.18. The normalized spacial score (nSPS) is 15.8. The number of benzene rings is 2. The molecule has 0 atom stereocenters. The quantitative estimate of drug-likeness (QED) is 0.552. The van der Waals surface area contributed by atoms with Crippen molar-refractivity contribution in [1.82, 2.24) is 0 Å². The Morgan fingerprint density at radius 1 is 0.923 bits per heavy atom. The SMILES string of the molecule is CC/C=C1/CC(c2ccccc2)=CC=C1c1ccc(OCC(C)C)cc1. The third-order valence-electron chi connectivity index (χ3n) is 4.52. The molecule has 1 nitrogen and oxygen atoms in total. The first-order chi connectivity index (χ1) is 12.7. The van der Waals surface area contributed by atoms with Crippen LogP contribution < -0.4 is 4.74 Å². The van der Waals surface area contributed by atoms with Crippen LogP contribution in [0.15, 0.2) is 78.4 Å². The summed E-state index contributed by atoms with van der Waals surface area (Å²) in [4.78, 5) is 0. The van der Waals surface area contributed by atoms with Gasteiger partial charge in [0.15, 0.2) is 0 Å². The van der Waals surface area contributed by atoms with Gasteiger partial charge in [0, 0.05) is 0 Å². The average molecular weight is 344 g/mol. The minimum Gasteiger partial charge on any atom is -0.493 e. The predicted molar refractivity (Wildman–Crippen MR) is 112 cm³/mol. The van der Waals surface area contributed by atoms with Gasteiger partial charge in [-0.1, -0.05) is 81.5 Å². The molecule has 0 N–H and O–H groups in total. The van der Waals surface area contributed by atoms with Crippen LogP contribution in [0.2, 0.25) is 0 Å². The summed E-state index contributed by atoms with van der Waals surface area (Å²) >= 11 is 0. The highest BCUT2D eigenvalue weighted by Gasteiger charge is 2.15. The molecule has 26 heavy (non-hydrogen) atoms. The molecule has 0 saturated carbocycles. The van der Waals surface area contributed by atoms with Crippen LogP contribution in [0.4, 0.5) is 0 Å². The van der Waals surface area contributed by atoms with Gasteiger partial charge in [-0.05, 0) is 58.7 Å². The molecule has 0 amide bonds. The van der Waals surface area contributed by atoms with E-state index in [0.29, 0.717) is 5.92 Å². The van der Waals surface area contributed by atoms with E-state index in [2.05, 4.69) is 93.6 Å². The van der Waals surface area contributed by atoms with Crippen molar-refractivity contribution in [3.8, 4) is 5.75 Å². The van der Waals surface area contributed by atoms with Crippen molar-refractivity contribution in [2.24, 2.45) is 5.92 Å². The van der Waals surface area contributed by atoms with E-state index in [1.807, 2.05) is 0 Å². The number of hydrogen-bond acceptors (Lipinski definition) is 1. The summed E-state index contributed by atoms with van der Waals surface area (Å²) in [5.74, 6) is 1.48. The lowest BCUT2D eigenvalue weighted by atomic mass is 9.85. The third-order valence-corrected chi connectivity index (χ3v) is 4.52. The fourth-order valence-electron chi connectivity index (χ4n) is 3.20. The zero-order chi connectivity index (χ0) is 18.4. The van der Waals surface area contributed by atoms with Crippen LogP contribution in [-0.4, -0.2) is 6.61 Å². The van der Waals surface area contributed by atoms with Gasteiger partial charge in [0.25, 0.3) is 0 Å². The lowest BCUT2D eigenvalue weighted by Crippen LogP contribution is -2.04. The summed E-state index contributed by atoms with van der Waals surface area (Å²) in [6.07, 6.45) is 8.91. The number of hydrogen-bond donors (Lipinski definition) is 0. The Morgan fingerprint density at radius 3 is 2.31 bits per heavy atom. The van der Waals surface area contributed by atoms with Crippen molar-refractivity contribution in [1.29, 1.82) is 0 Å². The Balaban J connectivity index is 1.86. The molecule has 134 valence electrons. The maximum atomic E-state index is 5.81. The third kappa shape index (κ3) is 4.54. The summed E-state index contributed by atoms with van der Waals surface area (Å²) < 4.78 is 5.81. The first kappa shape index (κ1) is 18.3. The van der Waals surface area contributed by atoms with Gasteiger partial charge >= 0.3 is 0 Å². The van der Waals surface area contributed by atoms with Crippen molar-refractivity contribution in [2.75, 3.05) is 6.61 Å². The monoisotopic (exact) mass is 344 g/mol. The molecule has 3 rings (SSSR count). The molecule has 0 aliphatic heterocycles. The second kappa shape index (κ2) is 8.71. The highest BCUT2D eigenvalue weighted by Crippen LogP contribution is 2.36. The first-order valence-corrected chi connectivity index (χ1v) is 9.56. The van der Waals surface area contributed by atoms with Gasteiger partial charge in [0.1, 0.15) is 5.75 Å². The Kier molecular flexibility index (Phi) is 6.12. The molecule has 0 fully saturated rings. The van der Waals surface area contributed by atoms with Crippen LogP contribution in [0, 0.1) is 5.92 Å². The van der Waals surface area contributed by atoms with E-state index in [0.717, 1.165) is 25.2 Å². The van der Waals surface area contributed by atoms with Gasteiger partial charge in [-0.2, -0.15) is 0 Å². The number of ether oxygens (including phenoxy) is 1. The first-order valence-electron chi connectivity index (χ1n) is 9.56. The topological polar surface area (TPSA) is 9.23 Å². The highest BCUT2D eigenvalue weighted by molar-refractivity contribution is 5.88. The van der Waals surface area contributed by atoms with Gasteiger partial charge < -0.3 is 4.74 Å². The molecule has 0 bridgehead atoms. The van der Waals surface area contributed by atoms with E-state index in [-0.39, 0.29) is 0 Å². The van der Waals surface area contributed by atoms with Crippen molar-refractivity contribution in [2.45, 2.75) is 33.6 Å². The van der Waals surface area contributed by atoms with Crippen molar-refractivity contribution in [3.63, 3.8) is 0 Å². The molecule has 1 aliphatic carbocycles. The fourth-order valence-corrected chi connectivity index (χ4v) is 3.20. The van der Waals surface area contributed by atoms with E-state index >= 15 is 0 Å². The molecule has 0 spiro atoms. The average Bonchev–Trinajstić information content (AvgIpc) is 2.68. The lowest BCUT2D eigenvalue weighted by Gasteiger charge is -2.20. The molecule has 0 heterocycles. The van der Waals surface area contributed by atoms with Crippen LogP contribution in [0.25, 0.3) is 11.1 Å². The van der Waals surface area contributed by atoms with Gasteiger partial charge in [-0.15, -0.1) is 0 Å². The van der Waals surface area contributed by atoms with Crippen LogP contribution in [0.5, 0.6) is 5.75 Å². The lowest BCUT2D eigenvalue weighted by molar-refractivity contribution is 0.271. The smallest absolute Gasteiger partial charge is 0.119 e. The summed E-state index contributed by atoms with van der Waals surface area (Å²) in [7, 11) is 0. The molecule has 0 radical (unpaired) electrons. The fraction of sp³-hybridized carbons (Fsp3) is 0.280. The Morgan fingerprint density at radius 2 is 1.65 bits per heavy atom. The Bertz CT molecular complexity index is 805. The van der Waals surface area contributed by atoms with E-state index < -0.39 is 0 Å². The highest BCUT2D eigenvalue weighted by atomic mass is 16.5. The minimum atomic E-state index is 0.538. The molecule has 2 aromatic rings. The second-order valence-corrected chi connectivity index (χ2v) is 7.18. The van der Waals surface area contributed by atoms with Gasteiger partial charge in [-0.25, -0.2) is 0 Å². The van der Waals surface area contributed by atoms with Gasteiger partial charge in [0.05, 0.1) is 6.61 Å². The zero-order valence-corrected chi connectivity index (χ0v) is 16.0. The molecule has 1 aliphatic rings. The minimum absolute atomic E-state index is 0.538. The largest absolute Gasteiger partial charge is 0.493 e. The summed E-state index contributed by atoms with van der Waals surface area (Å²) in [6.45, 7) is 7.29. The molecule has 0 aromatic heterocycles. The van der Waals surface area contributed by atoms with E-state index in [4.69, 9.17) is 4.74 Å². The summed E-state index contributed by atoms with van der Waals surface area (Å²) in [5, 5.41) is 0. The van der Waals surface area contributed by atoms with Crippen LogP contribution in [-0.2, 0) is 0 Å². The van der Waals surface area contributed by atoms with Crippen molar-refractivity contribution in [3.05, 3.63) is 89.5 Å². The predicted octanol–water partition coefficient (Wildman–Crippen LogP) is 6.93. The van der Waals surface area contributed by atoms with Gasteiger partial charge in [0.2, 0.25) is 0 Å². The van der Waals surface area contributed by atoms with Gasteiger partial charge in [-0.3, -0.25) is 0 Å². The van der Waals surface area contributed by atoms with Crippen LogP contribution in [0.3, 0.4) is 0 Å². The molecule has 2 aromatic carbocycles. The molecule has 1 heteroatoms. The van der Waals surface area contributed by atoms with E-state index in [1.165, 1.54) is 27.8 Å². The summed E-state index contributed by atoms with van der Waals surface area (Å²) in [5.41, 5.74) is 6.67. The van der Waals surface area contributed by atoms with Crippen molar-refractivity contribution >= 4 is 11.1 Å². The molecular formula is C25H28O. The van der Waals surface area contributed by atoms with Crippen LogP contribution in [0.1, 0.15) is 44.7 Å². The molecular weight excluding hydrogens is 316 g/mol.